The molecule has 0 fully saturated rings. The normalized spacial score (nSPS) is 10.9. The summed E-state index contributed by atoms with van der Waals surface area (Å²) in [5.74, 6) is 0.906. The third-order valence-electron chi connectivity index (χ3n) is 3.20. The van der Waals surface area contributed by atoms with Crippen LogP contribution in [0.3, 0.4) is 0 Å². The van der Waals surface area contributed by atoms with Crippen LogP contribution in [0.2, 0.25) is 0 Å². The second kappa shape index (κ2) is 3.77. The Hall–Kier alpha value is -2.02. The smallest absolute Gasteiger partial charge is 0.119 e. The molecule has 0 aliphatic rings. The van der Waals surface area contributed by atoms with Crippen molar-refractivity contribution < 1.29 is 4.74 Å². The monoisotopic (exact) mass is 222 g/mol. The second-order valence-electron chi connectivity index (χ2n) is 4.38. The Bertz CT molecular complexity index is 698. The lowest BCUT2D eigenvalue weighted by Crippen LogP contribution is -1.83. The van der Waals surface area contributed by atoms with Gasteiger partial charge in [0.05, 0.1) is 7.11 Å². The van der Waals surface area contributed by atoms with Gasteiger partial charge in [-0.1, -0.05) is 42.0 Å². The van der Waals surface area contributed by atoms with E-state index in [9.17, 15) is 0 Å². The van der Waals surface area contributed by atoms with E-state index in [1.165, 1.54) is 27.1 Å². The van der Waals surface area contributed by atoms with Crippen LogP contribution in [0, 0.1) is 6.92 Å². The van der Waals surface area contributed by atoms with Gasteiger partial charge < -0.3 is 4.74 Å². The van der Waals surface area contributed by atoms with Gasteiger partial charge in [0.1, 0.15) is 5.75 Å². The van der Waals surface area contributed by atoms with Crippen LogP contribution < -0.4 is 4.74 Å². The minimum absolute atomic E-state index is 0.906. The maximum Gasteiger partial charge on any atom is 0.119 e. The average molecular weight is 222 g/mol. The Balaban J connectivity index is 2.40. The van der Waals surface area contributed by atoms with Gasteiger partial charge in [0.15, 0.2) is 0 Å². The lowest BCUT2D eigenvalue weighted by atomic mass is 10.0. The van der Waals surface area contributed by atoms with E-state index in [2.05, 4.69) is 49.4 Å². The lowest BCUT2D eigenvalue weighted by molar-refractivity contribution is 0.415. The summed E-state index contributed by atoms with van der Waals surface area (Å²) in [7, 11) is 1.70. The number of ether oxygens (including phenoxy) is 1. The molecule has 0 spiro atoms. The van der Waals surface area contributed by atoms with Gasteiger partial charge in [-0.15, -0.1) is 0 Å². The zero-order valence-corrected chi connectivity index (χ0v) is 10.0. The molecule has 0 atom stereocenters. The third kappa shape index (κ3) is 1.64. The fourth-order valence-corrected chi connectivity index (χ4v) is 2.30. The summed E-state index contributed by atoms with van der Waals surface area (Å²) >= 11 is 0. The fraction of sp³-hybridized carbons (Fsp3) is 0.125. The Morgan fingerprint density at radius 2 is 1.41 bits per heavy atom. The summed E-state index contributed by atoms with van der Waals surface area (Å²) in [4.78, 5) is 0. The number of rotatable bonds is 1. The van der Waals surface area contributed by atoms with E-state index in [4.69, 9.17) is 4.74 Å². The molecular weight excluding hydrogens is 208 g/mol. The number of aryl methyl sites for hydroxylation is 1. The van der Waals surface area contributed by atoms with Crippen LogP contribution in [0.4, 0.5) is 0 Å². The Morgan fingerprint density at radius 1 is 0.765 bits per heavy atom. The van der Waals surface area contributed by atoms with Crippen LogP contribution in [-0.4, -0.2) is 7.11 Å². The number of benzene rings is 3. The van der Waals surface area contributed by atoms with E-state index >= 15 is 0 Å². The van der Waals surface area contributed by atoms with Crippen molar-refractivity contribution in [1.29, 1.82) is 0 Å². The van der Waals surface area contributed by atoms with Crippen LogP contribution in [0.15, 0.2) is 48.5 Å². The molecular formula is C16H14O. The molecule has 3 aromatic rings. The van der Waals surface area contributed by atoms with E-state index in [1.807, 2.05) is 6.07 Å². The predicted octanol–water partition coefficient (Wildman–Crippen LogP) is 4.31. The minimum Gasteiger partial charge on any atom is -0.497 e. The molecule has 0 amide bonds. The number of hydrogen-bond donors (Lipinski definition) is 0. The molecule has 0 bridgehead atoms. The van der Waals surface area contributed by atoms with Crippen molar-refractivity contribution >= 4 is 21.5 Å². The average Bonchev–Trinajstić information content (AvgIpc) is 2.37. The first-order valence-corrected chi connectivity index (χ1v) is 5.75. The van der Waals surface area contributed by atoms with Crippen molar-refractivity contribution in [2.45, 2.75) is 6.92 Å². The van der Waals surface area contributed by atoms with Gasteiger partial charge >= 0.3 is 0 Å². The number of methoxy groups -OCH3 is 1. The molecule has 0 N–H and O–H groups in total. The van der Waals surface area contributed by atoms with Crippen molar-refractivity contribution in [1.82, 2.24) is 0 Å². The minimum atomic E-state index is 0.906. The maximum absolute atomic E-state index is 5.25. The summed E-state index contributed by atoms with van der Waals surface area (Å²) in [5, 5.41) is 5.10. The summed E-state index contributed by atoms with van der Waals surface area (Å²) in [6.45, 7) is 2.12. The van der Waals surface area contributed by atoms with E-state index in [1.54, 1.807) is 7.11 Å². The van der Waals surface area contributed by atoms with Gasteiger partial charge in [0, 0.05) is 0 Å². The molecule has 17 heavy (non-hydrogen) atoms. The van der Waals surface area contributed by atoms with Gasteiger partial charge in [-0.2, -0.15) is 0 Å². The number of hydrogen-bond acceptors (Lipinski definition) is 1. The molecule has 0 aromatic heterocycles. The Morgan fingerprint density at radius 3 is 2.12 bits per heavy atom. The largest absolute Gasteiger partial charge is 0.497 e. The fourth-order valence-electron chi connectivity index (χ4n) is 2.30. The zero-order chi connectivity index (χ0) is 11.8. The standard InChI is InChI=1S/C16H14O/c1-11-3-7-15-12(9-11)4-5-13-10-14(17-2)6-8-16(13)15/h3-10H,1-2H3. The summed E-state index contributed by atoms with van der Waals surface area (Å²) in [6, 6.07) is 17.1. The zero-order valence-electron chi connectivity index (χ0n) is 10.0. The molecule has 1 heteroatoms. The van der Waals surface area contributed by atoms with Crippen LogP contribution in [0.25, 0.3) is 21.5 Å². The molecule has 3 aromatic carbocycles. The third-order valence-corrected chi connectivity index (χ3v) is 3.20. The van der Waals surface area contributed by atoms with Gasteiger partial charge in [-0.3, -0.25) is 0 Å². The molecule has 0 radical (unpaired) electrons. The van der Waals surface area contributed by atoms with Crippen molar-refractivity contribution in [2.75, 3.05) is 7.11 Å². The van der Waals surface area contributed by atoms with E-state index in [-0.39, 0.29) is 0 Å². The van der Waals surface area contributed by atoms with E-state index < -0.39 is 0 Å². The SMILES string of the molecule is COc1ccc2c(ccc3cc(C)ccc32)c1. The molecule has 3 rings (SSSR count). The molecule has 84 valence electrons. The highest BCUT2D eigenvalue weighted by Gasteiger charge is 2.01. The molecule has 0 unspecified atom stereocenters. The summed E-state index contributed by atoms with van der Waals surface area (Å²) in [5.41, 5.74) is 1.30. The Labute approximate surface area is 101 Å². The summed E-state index contributed by atoms with van der Waals surface area (Å²) in [6.07, 6.45) is 0. The first-order chi connectivity index (χ1) is 8.28. The molecule has 0 saturated carbocycles. The van der Waals surface area contributed by atoms with Crippen LogP contribution in [0.5, 0.6) is 5.75 Å². The maximum atomic E-state index is 5.25. The van der Waals surface area contributed by atoms with Gasteiger partial charge in [-0.05, 0) is 40.6 Å². The number of fused-ring (bicyclic) bond motifs is 3. The summed E-state index contributed by atoms with van der Waals surface area (Å²) < 4.78 is 5.25. The highest BCUT2D eigenvalue weighted by atomic mass is 16.5. The molecule has 0 aliphatic carbocycles. The molecule has 1 nitrogen and oxygen atoms in total. The molecule has 0 heterocycles. The van der Waals surface area contributed by atoms with Crippen molar-refractivity contribution in [3.8, 4) is 5.75 Å². The van der Waals surface area contributed by atoms with Crippen LogP contribution >= 0.6 is 0 Å². The first kappa shape index (κ1) is 10.2. The predicted molar refractivity (Wildman–Crippen MR) is 72.7 cm³/mol. The quantitative estimate of drug-likeness (QED) is 0.557. The van der Waals surface area contributed by atoms with E-state index in [0.29, 0.717) is 0 Å². The second-order valence-corrected chi connectivity index (χ2v) is 4.38. The molecule has 0 aliphatic heterocycles. The highest BCUT2D eigenvalue weighted by molar-refractivity contribution is 6.07. The van der Waals surface area contributed by atoms with Gasteiger partial charge in [0.25, 0.3) is 0 Å². The van der Waals surface area contributed by atoms with Crippen LogP contribution in [0.1, 0.15) is 5.56 Å². The Kier molecular flexibility index (Phi) is 2.25. The van der Waals surface area contributed by atoms with Gasteiger partial charge in [0.2, 0.25) is 0 Å². The van der Waals surface area contributed by atoms with E-state index in [0.717, 1.165) is 5.75 Å². The van der Waals surface area contributed by atoms with Gasteiger partial charge in [-0.25, -0.2) is 0 Å². The first-order valence-electron chi connectivity index (χ1n) is 5.75. The molecule has 0 saturated heterocycles. The lowest BCUT2D eigenvalue weighted by Gasteiger charge is -2.06. The van der Waals surface area contributed by atoms with Crippen molar-refractivity contribution in [3.05, 3.63) is 54.1 Å². The topological polar surface area (TPSA) is 9.23 Å². The highest BCUT2D eigenvalue weighted by Crippen LogP contribution is 2.28. The van der Waals surface area contributed by atoms with Crippen molar-refractivity contribution in [2.24, 2.45) is 0 Å². The van der Waals surface area contributed by atoms with Crippen LogP contribution in [-0.2, 0) is 0 Å². The van der Waals surface area contributed by atoms with Crippen molar-refractivity contribution in [3.63, 3.8) is 0 Å².